The van der Waals surface area contributed by atoms with Crippen LogP contribution in [0, 0.1) is 13.8 Å². The van der Waals surface area contributed by atoms with Crippen molar-refractivity contribution in [3.8, 4) is 0 Å². The number of ether oxygens (including phenoxy) is 2. The molecule has 172 valence electrons. The molecule has 0 unspecified atom stereocenters. The summed E-state index contributed by atoms with van der Waals surface area (Å²) in [4.78, 5) is 24.9. The molecule has 2 aromatic rings. The number of carbonyl (C=O) groups excluding carboxylic acids is 2. The molecule has 0 radical (unpaired) electrons. The predicted molar refractivity (Wildman–Crippen MR) is 120 cm³/mol. The molecule has 1 aliphatic rings. The Bertz CT molecular complexity index is 1110. The van der Waals surface area contributed by atoms with Gasteiger partial charge in [0.15, 0.2) is 6.61 Å². The molecule has 1 heterocycles. The number of esters is 1. The van der Waals surface area contributed by atoms with E-state index in [9.17, 15) is 18.0 Å². The predicted octanol–water partition coefficient (Wildman–Crippen LogP) is 2.68. The van der Waals surface area contributed by atoms with Gasteiger partial charge in [-0.25, -0.2) is 13.2 Å². The van der Waals surface area contributed by atoms with Gasteiger partial charge < -0.3 is 14.8 Å². The molecule has 32 heavy (non-hydrogen) atoms. The molecule has 1 aliphatic heterocycles. The standard InChI is InChI=1S/C23H28N2O6S/c1-4-18-7-5-6-17(3)22(18)24-21(26)15-31-23(27)19-9-8-16(2)20(14-19)32(28,29)25-10-12-30-13-11-25/h5-9,14H,4,10-13,15H2,1-3H3,(H,24,26). The molecule has 0 aromatic heterocycles. The molecule has 0 aliphatic carbocycles. The van der Waals surface area contributed by atoms with Crippen LogP contribution in [0.1, 0.15) is 34.0 Å². The maximum Gasteiger partial charge on any atom is 0.338 e. The van der Waals surface area contributed by atoms with Crippen LogP contribution in [0.5, 0.6) is 0 Å². The minimum absolute atomic E-state index is 0.0470. The van der Waals surface area contributed by atoms with E-state index in [0.717, 1.165) is 17.5 Å². The first kappa shape index (κ1) is 23.9. The minimum atomic E-state index is -3.77. The summed E-state index contributed by atoms with van der Waals surface area (Å²) >= 11 is 0. The summed E-state index contributed by atoms with van der Waals surface area (Å²) in [6.07, 6.45) is 0.751. The Hall–Kier alpha value is -2.75. The molecule has 0 saturated carbocycles. The quantitative estimate of drug-likeness (QED) is 0.638. The number of rotatable bonds is 7. The van der Waals surface area contributed by atoms with Crippen molar-refractivity contribution in [2.75, 3.05) is 38.2 Å². The topological polar surface area (TPSA) is 102 Å². The highest BCUT2D eigenvalue weighted by molar-refractivity contribution is 7.89. The van der Waals surface area contributed by atoms with Crippen LogP contribution < -0.4 is 5.32 Å². The van der Waals surface area contributed by atoms with Crippen molar-refractivity contribution < 1.29 is 27.5 Å². The Morgan fingerprint density at radius 3 is 2.50 bits per heavy atom. The normalized spacial score (nSPS) is 14.7. The van der Waals surface area contributed by atoms with Gasteiger partial charge in [0.25, 0.3) is 5.91 Å². The highest BCUT2D eigenvalue weighted by Gasteiger charge is 2.28. The average Bonchev–Trinajstić information content (AvgIpc) is 2.79. The van der Waals surface area contributed by atoms with Gasteiger partial charge in [-0.2, -0.15) is 4.31 Å². The van der Waals surface area contributed by atoms with Crippen LogP contribution in [0.25, 0.3) is 0 Å². The van der Waals surface area contributed by atoms with Crippen molar-refractivity contribution in [1.82, 2.24) is 4.31 Å². The third-order valence-corrected chi connectivity index (χ3v) is 7.39. The number of anilines is 1. The number of para-hydroxylation sites is 1. The molecule has 2 aromatic carbocycles. The Morgan fingerprint density at radius 1 is 1.09 bits per heavy atom. The monoisotopic (exact) mass is 460 g/mol. The second-order valence-corrected chi connectivity index (χ2v) is 9.49. The number of hydrogen-bond acceptors (Lipinski definition) is 6. The van der Waals surface area contributed by atoms with Crippen LogP contribution in [0.3, 0.4) is 0 Å². The van der Waals surface area contributed by atoms with Gasteiger partial charge >= 0.3 is 5.97 Å². The second-order valence-electron chi connectivity index (χ2n) is 7.58. The number of carbonyl (C=O) groups is 2. The number of nitrogens with zero attached hydrogens (tertiary/aromatic N) is 1. The van der Waals surface area contributed by atoms with Crippen molar-refractivity contribution in [2.24, 2.45) is 0 Å². The van der Waals surface area contributed by atoms with E-state index < -0.39 is 28.5 Å². The number of benzene rings is 2. The molecule has 8 nitrogen and oxygen atoms in total. The maximum absolute atomic E-state index is 13.0. The van der Waals surface area contributed by atoms with Crippen molar-refractivity contribution in [2.45, 2.75) is 32.1 Å². The molecule has 3 rings (SSSR count). The molecular weight excluding hydrogens is 432 g/mol. The van der Waals surface area contributed by atoms with Crippen molar-refractivity contribution >= 4 is 27.6 Å². The fraction of sp³-hybridized carbons (Fsp3) is 0.391. The first-order valence-electron chi connectivity index (χ1n) is 10.5. The Kier molecular flexibility index (Phi) is 7.65. The third-order valence-electron chi connectivity index (χ3n) is 5.35. The van der Waals surface area contributed by atoms with E-state index in [2.05, 4.69) is 5.32 Å². The van der Waals surface area contributed by atoms with E-state index in [1.165, 1.54) is 16.4 Å². The smallest absolute Gasteiger partial charge is 0.338 e. The lowest BCUT2D eigenvalue weighted by molar-refractivity contribution is -0.119. The lowest BCUT2D eigenvalue weighted by Gasteiger charge is -2.26. The van der Waals surface area contributed by atoms with E-state index >= 15 is 0 Å². The number of hydrogen-bond donors (Lipinski definition) is 1. The zero-order valence-electron chi connectivity index (χ0n) is 18.5. The highest BCUT2D eigenvalue weighted by Crippen LogP contribution is 2.23. The molecule has 1 saturated heterocycles. The number of sulfonamides is 1. The number of nitrogens with one attached hydrogen (secondary N) is 1. The Balaban J connectivity index is 1.70. The summed E-state index contributed by atoms with van der Waals surface area (Å²) in [5.74, 6) is -1.23. The minimum Gasteiger partial charge on any atom is -0.452 e. The van der Waals surface area contributed by atoms with Crippen LogP contribution in [0.2, 0.25) is 0 Å². The fourth-order valence-corrected chi connectivity index (χ4v) is 5.18. The molecule has 1 fully saturated rings. The lowest BCUT2D eigenvalue weighted by Crippen LogP contribution is -2.40. The molecule has 9 heteroatoms. The number of aryl methyl sites for hydroxylation is 3. The highest BCUT2D eigenvalue weighted by atomic mass is 32.2. The van der Waals surface area contributed by atoms with E-state index in [1.807, 2.05) is 32.0 Å². The van der Waals surface area contributed by atoms with Crippen molar-refractivity contribution in [3.63, 3.8) is 0 Å². The van der Waals surface area contributed by atoms with E-state index in [-0.39, 0.29) is 23.5 Å². The van der Waals surface area contributed by atoms with Crippen LogP contribution in [0.4, 0.5) is 5.69 Å². The van der Waals surface area contributed by atoms with E-state index in [4.69, 9.17) is 9.47 Å². The first-order valence-corrected chi connectivity index (χ1v) is 11.9. The fourth-order valence-electron chi connectivity index (χ4n) is 3.52. The van der Waals surface area contributed by atoms with Gasteiger partial charge in [0.05, 0.1) is 23.7 Å². The SMILES string of the molecule is CCc1cccc(C)c1NC(=O)COC(=O)c1ccc(C)c(S(=O)(=O)N2CCOCC2)c1. The zero-order valence-corrected chi connectivity index (χ0v) is 19.3. The van der Waals surface area contributed by atoms with Crippen molar-refractivity contribution in [3.05, 3.63) is 58.7 Å². The molecule has 0 atom stereocenters. The van der Waals surface area contributed by atoms with Gasteiger partial charge in [-0.05, 0) is 49.1 Å². The van der Waals surface area contributed by atoms with Gasteiger partial charge in [-0.3, -0.25) is 4.79 Å². The summed E-state index contributed by atoms with van der Waals surface area (Å²) in [6, 6.07) is 10.1. The average molecular weight is 461 g/mol. The van der Waals surface area contributed by atoms with Gasteiger partial charge in [-0.1, -0.05) is 31.2 Å². The third kappa shape index (κ3) is 5.35. The van der Waals surface area contributed by atoms with Crippen LogP contribution in [0.15, 0.2) is 41.3 Å². The van der Waals surface area contributed by atoms with Crippen LogP contribution in [-0.2, 0) is 30.7 Å². The summed E-state index contributed by atoms with van der Waals surface area (Å²) in [5, 5.41) is 2.79. The first-order chi connectivity index (χ1) is 15.2. The molecule has 0 spiro atoms. The van der Waals surface area contributed by atoms with Crippen LogP contribution >= 0.6 is 0 Å². The lowest BCUT2D eigenvalue weighted by atomic mass is 10.1. The maximum atomic E-state index is 13.0. The number of morpholine rings is 1. The molecule has 1 N–H and O–H groups in total. The second kappa shape index (κ2) is 10.2. The summed E-state index contributed by atoms with van der Waals surface area (Å²) in [5.41, 5.74) is 3.21. The molecule has 1 amide bonds. The summed E-state index contributed by atoms with van der Waals surface area (Å²) < 4.78 is 37.7. The summed E-state index contributed by atoms with van der Waals surface area (Å²) in [6.45, 7) is 6.25. The Morgan fingerprint density at radius 2 is 1.81 bits per heavy atom. The Labute approximate surface area is 188 Å². The van der Waals surface area contributed by atoms with Gasteiger partial charge in [0, 0.05) is 18.8 Å². The number of amides is 1. The van der Waals surface area contributed by atoms with Gasteiger partial charge in [0.2, 0.25) is 10.0 Å². The molecular formula is C23H28N2O6S. The zero-order chi connectivity index (χ0) is 23.3. The van der Waals surface area contributed by atoms with Crippen LogP contribution in [-0.4, -0.2) is 57.5 Å². The van der Waals surface area contributed by atoms with E-state index in [1.54, 1.807) is 13.0 Å². The molecule has 0 bridgehead atoms. The van der Waals surface area contributed by atoms with Gasteiger partial charge in [0.1, 0.15) is 0 Å². The largest absolute Gasteiger partial charge is 0.452 e. The van der Waals surface area contributed by atoms with Gasteiger partial charge in [-0.15, -0.1) is 0 Å². The van der Waals surface area contributed by atoms with Crippen molar-refractivity contribution in [1.29, 1.82) is 0 Å². The van der Waals surface area contributed by atoms with E-state index in [0.29, 0.717) is 24.5 Å². The summed E-state index contributed by atoms with van der Waals surface area (Å²) in [7, 11) is -3.77.